The second-order valence-corrected chi connectivity index (χ2v) is 5.48. The van der Waals surface area contributed by atoms with Crippen LogP contribution in [0.15, 0.2) is 35.3 Å². The van der Waals surface area contributed by atoms with Crippen molar-refractivity contribution in [2.75, 3.05) is 19.5 Å². The standard InChI is InChI=1S/C16H14N4O9/c1-28-10-3-4-11(12(6-10)19(24)25)17-14(21)8-18-7-9(16(23)29-2)5-13(15(18)22)20(26)27/h3-7H,8H2,1-2H3,(H,17,21). The van der Waals surface area contributed by atoms with Crippen LogP contribution in [0.2, 0.25) is 0 Å². The number of ether oxygens (including phenoxy) is 2. The summed E-state index contributed by atoms with van der Waals surface area (Å²) in [6.45, 7) is -0.742. The lowest BCUT2D eigenvalue weighted by Crippen LogP contribution is -2.29. The summed E-state index contributed by atoms with van der Waals surface area (Å²) in [4.78, 5) is 56.6. The van der Waals surface area contributed by atoms with Crippen molar-refractivity contribution in [2.45, 2.75) is 6.54 Å². The van der Waals surface area contributed by atoms with Crippen molar-refractivity contribution in [2.24, 2.45) is 0 Å². The van der Waals surface area contributed by atoms with E-state index in [1.807, 2.05) is 0 Å². The summed E-state index contributed by atoms with van der Waals surface area (Å²) >= 11 is 0. The number of pyridine rings is 1. The number of carbonyl (C=O) groups excluding carboxylic acids is 2. The van der Waals surface area contributed by atoms with Gasteiger partial charge < -0.3 is 14.8 Å². The number of anilines is 1. The Morgan fingerprint density at radius 1 is 1.10 bits per heavy atom. The Bertz CT molecular complexity index is 1060. The number of nitrogens with one attached hydrogen (secondary N) is 1. The minimum Gasteiger partial charge on any atom is -0.496 e. The molecule has 0 aliphatic rings. The van der Waals surface area contributed by atoms with Crippen molar-refractivity contribution in [3.05, 3.63) is 66.6 Å². The van der Waals surface area contributed by atoms with Gasteiger partial charge in [-0.25, -0.2) is 4.79 Å². The monoisotopic (exact) mass is 406 g/mol. The summed E-state index contributed by atoms with van der Waals surface area (Å²) in [5, 5.41) is 24.5. The number of nitro benzene ring substituents is 1. The van der Waals surface area contributed by atoms with Crippen LogP contribution in [0.4, 0.5) is 17.1 Å². The SMILES string of the molecule is COC(=O)c1cc([N+](=O)[O-])c(=O)n(CC(=O)Nc2ccc(OC)cc2[N+](=O)[O-])c1. The van der Waals surface area contributed by atoms with Crippen LogP contribution in [0.5, 0.6) is 5.75 Å². The van der Waals surface area contributed by atoms with Crippen LogP contribution in [0.25, 0.3) is 0 Å². The highest BCUT2D eigenvalue weighted by Gasteiger charge is 2.22. The summed E-state index contributed by atoms with van der Waals surface area (Å²) in [6, 6.07) is 4.42. The second kappa shape index (κ2) is 8.60. The molecule has 1 aromatic heterocycles. The summed E-state index contributed by atoms with van der Waals surface area (Å²) in [5.74, 6) is -1.66. The molecule has 152 valence electrons. The Labute approximate surface area is 161 Å². The molecule has 2 rings (SSSR count). The van der Waals surface area contributed by atoms with Gasteiger partial charge in [0.05, 0.1) is 35.7 Å². The number of hydrogen-bond donors (Lipinski definition) is 1. The highest BCUT2D eigenvalue weighted by Crippen LogP contribution is 2.28. The van der Waals surface area contributed by atoms with Crippen molar-refractivity contribution in [3.8, 4) is 5.75 Å². The van der Waals surface area contributed by atoms with Crippen LogP contribution in [-0.2, 0) is 16.1 Å². The Hall–Kier alpha value is -4.29. The van der Waals surface area contributed by atoms with Crippen molar-refractivity contribution in [1.29, 1.82) is 0 Å². The summed E-state index contributed by atoms with van der Waals surface area (Å²) in [5.41, 5.74) is -3.02. The molecule has 29 heavy (non-hydrogen) atoms. The fourth-order valence-corrected chi connectivity index (χ4v) is 2.34. The number of nitro groups is 2. The molecular weight excluding hydrogens is 392 g/mol. The number of esters is 1. The maximum absolute atomic E-state index is 12.3. The van der Waals surface area contributed by atoms with E-state index >= 15 is 0 Å². The average Bonchev–Trinajstić information content (AvgIpc) is 2.68. The third-order valence-corrected chi connectivity index (χ3v) is 3.67. The molecular formula is C16H14N4O9. The topological polar surface area (TPSA) is 173 Å². The van der Waals surface area contributed by atoms with Gasteiger partial charge in [0.2, 0.25) is 5.91 Å². The lowest BCUT2D eigenvalue weighted by atomic mass is 10.2. The molecule has 1 heterocycles. The normalized spacial score (nSPS) is 10.1. The van der Waals surface area contributed by atoms with Gasteiger partial charge in [-0.3, -0.25) is 34.4 Å². The minimum absolute atomic E-state index is 0.174. The van der Waals surface area contributed by atoms with Gasteiger partial charge in [-0.1, -0.05) is 0 Å². The minimum atomic E-state index is -1.14. The Morgan fingerprint density at radius 2 is 1.76 bits per heavy atom. The lowest BCUT2D eigenvalue weighted by molar-refractivity contribution is -0.386. The molecule has 0 radical (unpaired) electrons. The first kappa shape index (κ1) is 21.0. The number of carbonyl (C=O) groups is 2. The Kier molecular flexibility index (Phi) is 6.23. The molecule has 1 N–H and O–H groups in total. The van der Waals surface area contributed by atoms with E-state index in [0.717, 1.165) is 25.4 Å². The average molecular weight is 406 g/mol. The molecule has 0 bridgehead atoms. The third-order valence-electron chi connectivity index (χ3n) is 3.67. The van der Waals surface area contributed by atoms with Gasteiger partial charge in [-0.05, 0) is 12.1 Å². The Balaban J connectivity index is 2.37. The van der Waals surface area contributed by atoms with E-state index in [1.165, 1.54) is 19.2 Å². The van der Waals surface area contributed by atoms with E-state index < -0.39 is 45.2 Å². The van der Waals surface area contributed by atoms with Crippen LogP contribution < -0.4 is 15.6 Å². The quantitative estimate of drug-likeness (QED) is 0.401. The van der Waals surface area contributed by atoms with Crippen LogP contribution >= 0.6 is 0 Å². The van der Waals surface area contributed by atoms with Crippen molar-refractivity contribution in [1.82, 2.24) is 4.57 Å². The first-order valence-electron chi connectivity index (χ1n) is 7.77. The summed E-state index contributed by atoms with van der Waals surface area (Å²) < 4.78 is 9.99. The molecule has 0 aliphatic heterocycles. The fraction of sp³-hybridized carbons (Fsp3) is 0.188. The fourth-order valence-electron chi connectivity index (χ4n) is 2.34. The zero-order valence-corrected chi connectivity index (χ0v) is 15.1. The lowest BCUT2D eigenvalue weighted by Gasteiger charge is -2.10. The molecule has 0 saturated carbocycles. The first-order valence-corrected chi connectivity index (χ1v) is 7.77. The molecule has 0 fully saturated rings. The highest BCUT2D eigenvalue weighted by atomic mass is 16.6. The van der Waals surface area contributed by atoms with E-state index in [1.54, 1.807) is 0 Å². The molecule has 13 heteroatoms. The number of rotatable bonds is 7. The van der Waals surface area contributed by atoms with Crippen LogP contribution in [0, 0.1) is 20.2 Å². The van der Waals surface area contributed by atoms with Gasteiger partial charge in [-0.15, -0.1) is 0 Å². The van der Waals surface area contributed by atoms with Crippen molar-refractivity contribution < 1.29 is 28.9 Å². The number of nitrogens with zero attached hydrogens (tertiary/aromatic N) is 3. The highest BCUT2D eigenvalue weighted by molar-refractivity contribution is 5.93. The predicted molar refractivity (Wildman–Crippen MR) is 97.0 cm³/mol. The van der Waals surface area contributed by atoms with Gasteiger partial charge in [-0.2, -0.15) is 0 Å². The third kappa shape index (κ3) is 4.71. The van der Waals surface area contributed by atoms with E-state index in [4.69, 9.17) is 4.74 Å². The van der Waals surface area contributed by atoms with Crippen molar-refractivity contribution in [3.63, 3.8) is 0 Å². The maximum Gasteiger partial charge on any atom is 0.339 e. The van der Waals surface area contributed by atoms with Gasteiger partial charge in [0.25, 0.3) is 5.69 Å². The zero-order chi connectivity index (χ0) is 21.7. The molecule has 1 aromatic carbocycles. The van der Waals surface area contributed by atoms with E-state index in [9.17, 15) is 34.6 Å². The predicted octanol–water partition coefficient (Wildman–Crippen LogP) is 1.10. The largest absolute Gasteiger partial charge is 0.496 e. The van der Waals surface area contributed by atoms with E-state index in [-0.39, 0.29) is 17.0 Å². The zero-order valence-electron chi connectivity index (χ0n) is 15.1. The van der Waals surface area contributed by atoms with Crippen LogP contribution in [-0.4, -0.2) is 40.5 Å². The number of hydrogen-bond acceptors (Lipinski definition) is 9. The van der Waals surface area contributed by atoms with E-state index in [0.29, 0.717) is 4.57 Å². The number of amides is 1. The molecule has 13 nitrogen and oxygen atoms in total. The van der Waals surface area contributed by atoms with Gasteiger partial charge in [0.15, 0.2) is 0 Å². The van der Waals surface area contributed by atoms with E-state index in [2.05, 4.69) is 10.1 Å². The van der Waals surface area contributed by atoms with Crippen LogP contribution in [0.3, 0.4) is 0 Å². The number of methoxy groups -OCH3 is 2. The summed E-state index contributed by atoms with van der Waals surface area (Å²) in [7, 11) is 2.35. The first-order chi connectivity index (χ1) is 13.7. The van der Waals surface area contributed by atoms with Gasteiger partial charge >= 0.3 is 17.2 Å². The molecule has 0 spiro atoms. The molecule has 0 saturated heterocycles. The van der Waals surface area contributed by atoms with Crippen molar-refractivity contribution >= 4 is 28.9 Å². The van der Waals surface area contributed by atoms with Gasteiger partial charge in [0, 0.05) is 12.3 Å². The van der Waals surface area contributed by atoms with Crippen LogP contribution in [0.1, 0.15) is 10.4 Å². The molecule has 2 aromatic rings. The number of benzene rings is 1. The summed E-state index contributed by atoms with van der Waals surface area (Å²) in [6.07, 6.45) is 0.920. The number of aromatic nitrogens is 1. The molecule has 0 aliphatic carbocycles. The Morgan fingerprint density at radius 3 is 2.31 bits per heavy atom. The molecule has 0 unspecified atom stereocenters. The maximum atomic E-state index is 12.3. The van der Waals surface area contributed by atoms with Gasteiger partial charge in [0.1, 0.15) is 18.0 Å². The second-order valence-electron chi connectivity index (χ2n) is 5.48. The molecule has 0 atom stereocenters. The smallest absolute Gasteiger partial charge is 0.339 e. The molecule has 1 amide bonds.